The van der Waals surface area contributed by atoms with Crippen molar-refractivity contribution in [1.29, 1.82) is 0 Å². The van der Waals surface area contributed by atoms with E-state index in [-0.39, 0.29) is 22.2 Å². The van der Waals surface area contributed by atoms with Crippen molar-refractivity contribution >= 4 is 48.3 Å². The van der Waals surface area contributed by atoms with E-state index < -0.39 is 9.84 Å². The van der Waals surface area contributed by atoms with Gasteiger partial charge in [-0.2, -0.15) is 0 Å². The Morgan fingerprint density at radius 2 is 1.63 bits per heavy atom. The Morgan fingerprint density at radius 3 is 2.33 bits per heavy atom. The smallest absolute Gasteiger partial charge is 0.244 e. The zero-order valence-electron chi connectivity index (χ0n) is 16.2. The molecule has 3 aromatic carbocycles. The molecule has 5 nitrogen and oxygen atoms in total. The molecule has 30 heavy (non-hydrogen) atoms. The first kappa shape index (κ1) is 20.4. The topological polar surface area (TPSA) is 68.2 Å². The average molecular weight is 483 g/mol. The summed E-state index contributed by atoms with van der Waals surface area (Å²) in [6.07, 6.45) is 1.54. The molecule has 0 fully saturated rings. The van der Waals surface area contributed by atoms with Crippen molar-refractivity contribution in [3.8, 4) is 0 Å². The minimum atomic E-state index is -3.72. The molecule has 152 valence electrons. The van der Waals surface area contributed by atoms with Crippen molar-refractivity contribution in [2.24, 2.45) is 0 Å². The first-order valence-electron chi connectivity index (χ1n) is 9.30. The monoisotopic (exact) mass is 482 g/mol. The fourth-order valence-corrected chi connectivity index (χ4v) is 5.03. The van der Waals surface area contributed by atoms with Gasteiger partial charge in [0, 0.05) is 27.3 Å². The number of benzene rings is 3. The molecule has 7 heteroatoms. The van der Waals surface area contributed by atoms with Crippen LogP contribution in [-0.4, -0.2) is 18.9 Å². The molecule has 0 unspecified atom stereocenters. The Morgan fingerprint density at radius 1 is 0.967 bits per heavy atom. The summed E-state index contributed by atoms with van der Waals surface area (Å²) in [4.78, 5) is 13.0. The van der Waals surface area contributed by atoms with Crippen LogP contribution in [0.25, 0.3) is 10.9 Å². The van der Waals surface area contributed by atoms with Gasteiger partial charge in [0.05, 0.1) is 9.79 Å². The highest BCUT2D eigenvalue weighted by atomic mass is 79.9. The number of carbonyl (C=O) groups excluding carboxylic acids is 1. The Kier molecular flexibility index (Phi) is 5.49. The predicted molar refractivity (Wildman–Crippen MR) is 121 cm³/mol. The van der Waals surface area contributed by atoms with E-state index in [1.54, 1.807) is 59.3 Å². The summed E-state index contributed by atoms with van der Waals surface area (Å²) in [5.41, 5.74) is 2.35. The second-order valence-corrected chi connectivity index (χ2v) is 9.84. The van der Waals surface area contributed by atoms with Crippen molar-refractivity contribution in [3.63, 3.8) is 0 Å². The van der Waals surface area contributed by atoms with Crippen LogP contribution in [0.5, 0.6) is 0 Å². The second-order valence-electron chi connectivity index (χ2n) is 7.01. The molecule has 0 saturated heterocycles. The number of anilines is 1. The van der Waals surface area contributed by atoms with E-state index in [1.807, 2.05) is 31.2 Å². The summed E-state index contributed by atoms with van der Waals surface area (Å²) < 4.78 is 29.1. The Labute approximate surface area is 183 Å². The fraction of sp³-hybridized carbons (Fsp3) is 0.0870. The van der Waals surface area contributed by atoms with Crippen LogP contribution in [0.4, 0.5) is 5.69 Å². The summed E-state index contributed by atoms with van der Waals surface area (Å²) in [6.45, 7) is 1.91. The number of hydrogen-bond acceptors (Lipinski definition) is 3. The van der Waals surface area contributed by atoms with E-state index >= 15 is 0 Å². The quantitative estimate of drug-likeness (QED) is 0.425. The number of aromatic nitrogens is 1. The van der Waals surface area contributed by atoms with E-state index in [0.717, 1.165) is 10.0 Å². The largest absolute Gasteiger partial charge is 0.337 e. The highest BCUT2D eigenvalue weighted by Crippen LogP contribution is 2.30. The van der Waals surface area contributed by atoms with Crippen LogP contribution in [0.2, 0.25) is 0 Å². The number of fused-ring (bicyclic) bond motifs is 1. The molecule has 0 radical (unpaired) electrons. The number of carbonyl (C=O) groups is 1. The molecule has 0 bridgehead atoms. The highest BCUT2D eigenvalue weighted by Gasteiger charge is 2.23. The molecule has 1 heterocycles. The third-order valence-corrected chi connectivity index (χ3v) is 7.14. The molecule has 1 amide bonds. The molecule has 0 aliphatic heterocycles. The van der Waals surface area contributed by atoms with Gasteiger partial charge in [0.1, 0.15) is 6.54 Å². The number of halogens is 1. The number of aryl methyl sites for hydroxylation is 1. The van der Waals surface area contributed by atoms with Gasteiger partial charge in [-0.3, -0.25) is 4.79 Å². The van der Waals surface area contributed by atoms with Crippen molar-refractivity contribution in [2.75, 3.05) is 5.32 Å². The van der Waals surface area contributed by atoms with Gasteiger partial charge in [-0.15, -0.1) is 0 Å². The SMILES string of the molecule is Cc1ccc(S(=O)(=O)c2cn(CC(=O)Nc3ccc(Br)cc3)c3ccccc23)cc1. The lowest BCUT2D eigenvalue weighted by Gasteiger charge is -2.07. The number of hydrogen-bond donors (Lipinski definition) is 1. The Bertz CT molecular complexity index is 1330. The van der Waals surface area contributed by atoms with E-state index in [1.165, 1.54) is 0 Å². The van der Waals surface area contributed by atoms with Gasteiger partial charge in [0.2, 0.25) is 15.7 Å². The first-order chi connectivity index (χ1) is 14.3. The molecule has 4 rings (SSSR count). The van der Waals surface area contributed by atoms with Crippen LogP contribution >= 0.6 is 15.9 Å². The van der Waals surface area contributed by atoms with Gasteiger partial charge >= 0.3 is 0 Å². The lowest BCUT2D eigenvalue weighted by Crippen LogP contribution is -2.18. The molecular weight excluding hydrogens is 464 g/mol. The van der Waals surface area contributed by atoms with E-state index in [0.29, 0.717) is 16.6 Å². The fourth-order valence-electron chi connectivity index (χ4n) is 3.29. The van der Waals surface area contributed by atoms with Gasteiger partial charge in [-0.25, -0.2) is 8.42 Å². The summed E-state index contributed by atoms with van der Waals surface area (Å²) in [7, 11) is -3.72. The molecule has 0 aliphatic carbocycles. The maximum atomic E-state index is 13.3. The van der Waals surface area contributed by atoms with Gasteiger partial charge in [0.25, 0.3) is 0 Å². The molecule has 1 aromatic heterocycles. The van der Waals surface area contributed by atoms with Crippen molar-refractivity contribution < 1.29 is 13.2 Å². The van der Waals surface area contributed by atoms with Gasteiger partial charge < -0.3 is 9.88 Å². The average Bonchev–Trinajstić information content (AvgIpc) is 3.09. The maximum absolute atomic E-state index is 13.3. The van der Waals surface area contributed by atoms with Crippen LogP contribution in [0.15, 0.2) is 93.3 Å². The van der Waals surface area contributed by atoms with E-state index in [2.05, 4.69) is 21.2 Å². The molecule has 0 spiro atoms. The summed E-state index contributed by atoms with van der Waals surface area (Å²) >= 11 is 3.36. The summed E-state index contributed by atoms with van der Waals surface area (Å²) in [5.74, 6) is -0.239. The van der Waals surface area contributed by atoms with Crippen molar-refractivity contribution in [1.82, 2.24) is 4.57 Å². The number of para-hydroxylation sites is 1. The minimum Gasteiger partial charge on any atom is -0.337 e. The minimum absolute atomic E-state index is 0.00000487. The highest BCUT2D eigenvalue weighted by molar-refractivity contribution is 9.10. The van der Waals surface area contributed by atoms with Gasteiger partial charge in [0.15, 0.2) is 0 Å². The summed E-state index contributed by atoms with van der Waals surface area (Å²) in [5, 5.41) is 3.43. The zero-order valence-corrected chi connectivity index (χ0v) is 18.6. The second kappa shape index (κ2) is 8.08. The Hall–Kier alpha value is -2.90. The van der Waals surface area contributed by atoms with Crippen molar-refractivity contribution in [3.05, 3.63) is 89.0 Å². The molecule has 1 N–H and O–H groups in total. The van der Waals surface area contributed by atoms with Gasteiger partial charge in [-0.1, -0.05) is 51.8 Å². The molecule has 0 aliphatic rings. The van der Waals surface area contributed by atoms with Crippen LogP contribution in [0.1, 0.15) is 5.56 Å². The van der Waals surface area contributed by atoms with Crippen LogP contribution in [-0.2, 0) is 21.2 Å². The van der Waals surface area contributed by atoms with Crippen LogP contribution in [0.3, 0.4) is 0 Å². The third-order valence-electron chi connectivity index (χ3n) is 4.81. The summed E-state index contributed by atoms with van der Waals surface area (Å²) in [6, 6.07) is 21.2. The number of nitrogens with zero attached hydrogens (tertiary/aromatic N) is 1. The van der Waals surface area contributed by atoms with Gasteiger partial charge in [-0.05, 0) is 49.4 Å². The third kappa shape index (κ3) is 4.04. The number of sulfone groups is 1. The molecule has 0 saturated carbocycles. The number of rotatable bonds is 5. The normalized spacial score (nSPS) is 11.5. The Balaban J connectivity index is 1.69. The molecule has 0 atom stereocenters. The maximum Gasteiger partial charge on any atom is 0.244 e. The van der Waals surface area contributed by atoms with E-state index in [9.17, 15) is 13.2 Å². The predicted octanol–water partition coefficient (Wildman–Crippen LogP) is 5.18. The number of nitrogens with one attached hydrogen (secondary N) is 1. The zero-order chi connectivity index (χ0) is 21.3. The van der Waals surface area contributed by atoms with Crippen molar-refractivity contribution in [2.45, 2.75) is 23.3 Å². The molecule has 4 aromatic rings. The van der Waals surface area contributed by atoms with Crippen LogP contribution in [0, 0.1) is 6.92 Å². The lowest BCUT2D eigenvalue weighted by atomic mass is 10.2. The standard InChI is InChI=1S/C23H19BrN2O3S/c1-16-6-12-19(13-7-16)30(28,29)22-14-26(21-5-3-2-4-20(21)22)15-23(27)25-18-10-8-17(24)9-11-18/h2-14H,15H2,1H3,(H,25,27). The van der Waals surface area contributed by atoms with Crippen LogP contribution < -0.4 is 5.32 Å². The molecular formula is C23H19BrN2O3S. The first-order valence-corrected chi connectivity index (χ1v) is 11.6. The number of amides is 1. The lowest BCUT2D eigenvalue weighted by molar-refractivity contribution is -0.116. The van der Waals surface area contributed by atoms with E-state index in [4.69, 9.17) is 0 Å².